The molecule has 1 N–H and O–H groups in total. The summed E-state index contributed by atoms with van der Waals surface area (Å²) in [6.07, 6.45) is 0.867. The molecule has 7 heteroatoms. The van der Waals surface area contributed by atoms with Crippen molar-refractivity contribution >= 4 is 15.7 Å². The molecule has 0 saturated carbocycles. The molecule has 0 atom stereocenters. The molecule has 112 valence electrons. The Morgan fingerprint density at radius 1 is 1.33 bits per heavy atom. The molecule has 1 aromatic rings. The Labute approximate surface area is 123 Å². The predicted molar refractivity (Wildman–Crippen MR) is 76.5 cm³/mol. The summed E-state index contributed by atoms with van der Waals surface area (Å²) in [5.41, 5.74) is 0.369. The summed E-state index contributed by atoms with van der Waals surface area (Å²) in [7, 11) is -2.93. The number of para-hydroxylation sites is 1. The summed E-state index contributed by atoms with van der Waals surface area (Å²) in [6, 6.07) is 8.53. The van der Waals surface area contributed by atoms with Crippen LogP contribution in [-0.4, -0.2) is 38.5 Å². The molecule has 0 radical (unpaired) electrons. The van der Waals surface area contributed by atoms with Gasteiger partial charge in [-0.15, -0.1) is 0 Å². The highest BCUT2D eigenvalue weighted by atomic mass is 32.2. The van der Waals surface area contributed by atoms with Crippen LogP contribution in [0.1, 0.15) is 18.4 Å². The second-order valence-corrected chi connectivity index (χ2v) is 7.19. The Morgan fingerprint density at radius 2 is 2.00 bits per heavy atom. The van der Waals surface area contributed by atoms with Crippen LogP contribution < -0.4 is 10.1 Å². The largest absolute Gasteiger partial charge is 0.482 e. The normalized spacial score (nSPS) is 17.7. The average Bonchev–Trinajstić information content (AvgIpc) is 2.47. The number of amides is 1. The van der Waals surface area contributed by atoms with Crippen molar-refractivity contribution in [2.45, 2.75) is 18.9 Å². The number of hydrogen-bond donors (Lipinski definition) is 1. The zero-order valence-electron chi connectivity index (χ0n) is 11.4. The van der Waals surface area contributed by atoms with Crippen LogP contribution >= 0.6 is 0 Å². The number of rotatable bonds is 4. The first-order chi connectivity index (χ1) is 10.00. The smallest absolute Gasteiger partial charge is 0.258 e. The van der Waals surface area contributed by atoms with Gasteiger partial charge in [0.25, 0.3) is 5.91 Å². The maximum atomic E-state index is 11.8. The first kappa shape index (κ1) is 15.3. The highest BCUT2D eigenvalue weighted by molar-refractivity contribution is 7.91. The van der Waals surface area contributed by atoms with Gasteiger partial charge in [0.1, 0.15) is 21.7 Å². The monoisotopic (exact) mass is 308 g/mol. The van der Waals surface area contributed by atoms with E-state index in [0.29, 0.717) is 24.2 Å². The topological polar surface area (TPSA) is 96.3 Å². The van der Waals surface area contributed by atoms with Crippen LogP contribution in [-0.2, 0) is 14.6 Å². The molecule has 1 aliphatic rings. The Hall–Kier alpha value is -2.07. The molecule has 1 heterocycles. The van der Waals surface area contributed by atoms with E-state index < -0.39 is 9.84 Å². The molecule has 0 aliphatic carbocycles. The molecule has 0 unspecified atom stereocenters. The fourth-order valence-corrected chi connectivity index (χ4v) is 3.62. The van der Waals surface area contributed by atoms with Gasteiger partial charge in [-0.05, 0) is 25.0 Å². The van der Waals surface area contributed by atoms with Gasteiger partial charge in [0.2, 0.25) is 0 Å². The first-order valence-electron chi connectivity index (χ1n) is 6.62. The van der Waals surface area contributed by atoms with Gasteiger partial charge >= 0.3 is 0 Å². The maximum absolute atomic E-state index is 11.8. The minimum absolute atomic E-state index is 0.107. The van der Waals surface area contributed by atoms with Crippen molar-refractivity contribution in [2.75, 3.05) is 18.1 Å². The Kier molecular flexibility index (Phi) is 4.81. The van der Waals surface area contributed by atoms with Crippen molar-refractivity contribution in [1.82, 2.24) is 5.32 Å². The third-order valence-electron chi connectivity index (χ3n) is 3.29. The lowest BCUT2D eigenvalue weighted by Crippen LogP contribution is -2.42. The summed E-state index contributed by atoms with van der Waals surface area (Å²) in [5.74, 6) is 0.264. The number of nitriles is 1. The van der Waals surface area contributed by atoms with Gasteiger partial charge in [0.15, 0.2) is 6.61 Å². The Bertz CT molecular complexity index is 650. The highest BCUT2D eigenvalue weighted by Gasteiger charge is 2.24. The lowest BCUT2D eigenvalue weighted by atomic mass is 10.1. The standard InChI is InChI=1S/C14H16N2O4S/c15-9-11-3-1-2-4-13(11)20-10-14(17)16-12-5-7-21(18,19)8-6-12/h1-4,12H,5-8,10H2,(H,16,17). The van der Waals surface area contributed by atoms with Crippen LogP contribution in [0.4, 0.5) is 0 Å². The van der Waals surface area contributed by atoms with Gasteiger partial charge < -0.3 is 10.1 Å². The predicted octanol–water partition coefficient (Wildman–Crippen LogP) is 0.630. The summed E-state index contributed by atoms with van der Waals surface area (Å²) in [6.45, 7) is -0.193. The van der Waals surface area contributed by atoms with Crippen molar-refractivity contribution in [2.24, 2.45) is 0 Å². The number of hydrogen-bond acceptors (Lipinski definition) is 5. The maximum Gasteiger partial charge on any atom is 0.258 e. The van der Waals surface area contributed by atoms with Gasteiger partial charge in [-0.25, -0.2) is 8.42 Å². The van der Waals surface area contributed by atoms with E-state index in [1.54, 1.807) is 24.3 Å². The molecular weight excluding hydrogens is 292 g/mol. The van der Waals surface area contributed by atoms with E-state index in [0.717, 1.165) is 0 Å². The second-order valence-electron chi connectivity index (χ2n) is 4.89. The van der Waals surface area contributed by atoms with E-state index in [2.05, 4.69) is 5.32 Å². The van der Waals surface area contributed by atoms with Gasteiger partial charge in [0, 0.05) is 6.04 Å². The molecule has 1 aromatic carbocycles. The Morgan fingerprint density at radius 3 is 2.67 bits per heavy atom. The van der Waals surface area contributed by atoms with Crippen molar-refractivity contribution in [3.8, 4) is 11.8 Å². The number of nitrogens with zero attached hydrogens (tertiary/aromatic N) is 1. The molecular formula is C14H16N2O4S. The van der Waals surface area contributed by atoms with Crippen molar-refractivity contribution < 1.29 is 17.9 Å². The van der Waals surface area contributed by atoms with E-state index in [4.69, 9.17) is 10.00 Å². The van der Waals surface area contributed by atoms with Crippen LogP contribution in [0.3, 0.4) is 0 Å². The summed E-state index contributed by atoms with van der Waals surface area (Å²) < 4.78 is 27.9. The molecule has 21 heavy (non-hydrogen) atoms. The molecule has 1 amide bonds. The number of nitrogens with one attached hydrogen (secondary N) is 1. The number of carbonyl (C=O) groups excluding carboxylic acids is 1. The minimum Gasteiger partial charge on any atom is -0.482 e. The van der Waals surface area contributed by atoms with E-state index in [1.807, 2.05) is 6.07 Å². The van der Waals surface area contributed by atoms with E-state index in [9.17, 15) is 13.2 Å². The highest BCUT2D eigenvalue weighted by Crippen LogP contribution is 2.16. The first-order valence-corrected chi connectivity index (χ1v) is 8.44. The fourth-order valence-electron chi connectivity index (χ4n) is 2.13. The quantitative estimate of drug-likeness (QED) is 0.880. The average molecular weight is 308 g/mol. The summed E-state index contributed by atoms with van der Waals surface area (Å²) >= 11 is 0. The van der Waals surface area contributed by atoms with E-state index in [1.165, 1.54) is 0 Å². The van der Waals surface area contributed by atoms with Crippen molar-refractivity contribution in [3.63, 3.8) is 0 Å². The number of sulfone groups is 1. The third-order valence-corrected chi connectivity index (χ3v) is 5.00. The zero-order chi connectivity index (χ0) is 15.3. The van der Waals surface area contributed by atoms with Gasteiger partial charge in [0.05, 0.1) is 17.1 Å². The van der Waals surface area contributed by atoms with Gasteiger partial charge in [-0.3, -0.25) is 4.79 Å². The second kappa shape index (κ2) is 6.59. The molecule has 0 bridgehead atoms. The van der Waals surface area contributed by atoms with Crippen LogP contribution in [0.2, 0.25) is 0 Å². The number of carbonyl (C=O) groups is 1. The van der Waals surface area contributed by atoms with Crippen molar-refractivity contribution in [1.29, 1.82) is 5.26 Å². The number of benzene rings is 1. The summed E-state index contributed by atoms with van der Waals surface area (Å²) in [4.78, 5) is 11.8. The fraction of sp³-hybridized carbons (Fsp3) is 0.429. The molecule has 2 rings (SSSR count). The minimum atomic E-state index is -2.93. The number of ether oxygens (including phenoxy) is 1. The molecule has 6 nitrogen and oxygen atoms in total. The van der Waals surface area contributed by atoms with Crippen LogP contribution in [0.25, 0.3) is 0 Å². The Balaban J connectivity index is 1.82. The third kappa shape index (κ3) is 4.46. The molecule has 1 fully saturated rings. The van der Waals surface area contributed by atoms with Crippen LogP contribution in [0.15, 0.2) is 24.3 Å². The SMILES string of the molecule is N#Cc1ccccc1OCC(=O)NC1CCS(=O)(=O)CC1. The zero-order valence-corrected chi connectivity index (χ0v) is 12.2. The molecule has 1 aliphatic heterocycles. The molecule has 0 aromatic heterocycles. The van der Waals surface area contributed by atoms with Gasteiger partial charge in [-0.2, -0.15) is 5.26 Å². The van der Waals surface area contributed by atoms with Crippen molar-refractivity contribution in [3.05, 3.63) is 29.8 Å². The molecule has 1 saturated heterocycles. The van der Waals surface area contributed by atoms with E-state index >= 15 is 0 Å². The summed E-state index contributed by atoms with van der Waals surface area (Å²) in [5, 5.41) is 11.7. The lowest BCUT2D eigenvalue weighted by Gasteiger charge is -2.23. The van der Waals surface area contributed by atoms with Crippen LogP contribution in [0.5, 0.6) is 5.75 Å². The lowest BCUT2D eigenvalue weighted by molar-refractivity contribution is -0.123. The van der Waals surface area contributed by atoms with Gasteiger partial charge in [-0.1, -0.05) is 12.1 Å². The van der Waals surface area contributed by atoms with Crippen LogP contribution in [0, 0.1) is 11.3 Å². The molecule has 0 spiro atoms. The van der Waals surface area contributed by atoms with E-state index in [-0.39, 0.29) is 30.1 Å².